The van der Waals surface area contributed by atoms with Crippen LogP contribution in [0.1, 0.15) is 19.6 Å². The number of benzene rings is 1. The number of furan rings is 1. The summed E-state index contributed by atoms with van der Waals surface area (Å²) in [5, 5.41) is 8.09. The second-order valence-electron chi connectivity index (χ2n) is 5.29. The molecule has 0 saturated carbocycles. The summed E-state index contributed by atoms with van der Waals surface area (Å²) in [6, 6.07) is 9.61. The molecular formula is C16H17ClN4O. The van der Waals surface area contributed by atoms with E-state index in [1.807, 2.05) is 44.2 Å². The van der Waals surface area contributed by atoms with E-state index in [0.29, 0.717) is 17.5 Å². The number of aromatic nitrogens is 2. The van der Waals surface area contributed by atoms with Gasteiger partial charge in [0.15, 0.2) is 0 Å². The van der Waals surface area contributed by atoms with Gasteiger partial charge in [-0.2, -0.15) is 4.98 Å². The molecule has 0 amide bonds. The molecule has 22 heavy (non-hydrogen) atoms. The molecule has 0 radical (unpaired) electrons. The number of rotatable bonds is 5. The summed E-state index contributed by atoms with van der Waals surface area (Å²) in [7, 11) is 0. The lowest BCUT2D eigenvalue weighted by molar-refractivity contribution is 0.518. The van der Waals surface area contributed by atoms with E-state index in [4.69, 9.17) is 16.0 Å². The Hall–Kier alpha value is -2.27. The van der Waals surface area contributed by atoms with E-state index in [1.165, 1.54) is 0 Å². The lowest BCUT2D eigenvalue weighted by atomic mass is 10.2. The third-order valence-corrected chi connectivity index (χ3v) is 3.32. The molecule has 0 unspecified atom stereocenters. The molecular weight excluding hydrogens is 300 g/mol. The molecule has 2 N–H and O–H groups in total. The van der Waals surface area contributed by atoms with Gasteiger partial charge in [-0.25, -0.2) is 4.98 Å². The average molecular weight is 317 g/mol. The fourth-order valence-corrected chi connectivity index (χ4v) is 2.31. The fraction of sp³-hybridized carbons (Fsp3) is 0.250. The minimum absolute atomic E-state index is 0.245. The zero-order valence-electron chi connectivity index (χ0n) is 12.4. The van der Waals surface area contributed by atoms with Gasteiger partial charge in [-0.05, 0) is 44.2 Å². The zero-order valence-corrected chi connectivity index (χ0v) is 13.2. The molecule has 1 aromatic carbocycles. The van der Waals surface area contributed by atoms with Gasteiger partial charge in [0.1, 0.15) is 11.6 Å². The highest BCUT2D eigenvalue weighted by molar-refractivity contribution is 6.31. The minimum Gasteiger partial charge on any atom is -0.467 e. The molecule has 2 aromatic heterocycles. The molecule has 0 aliphatic heterocycles. The summed E-state index contributed by atoms with van der Waals surface area (Å²) in [5.41, 5.74) is 0.799. The monoisotopic (exact) mass is 316 g/mol. The van der Waals surface area contributed by atoms with Gasteiger partial charge in [-0.1, -0.05) is 11.6 Å². The van der Waals surface area contributed by atoms with Crippen LogP contribution in [0.25, 0.3) is 10.9 Å². The van der Waals surface area contributed by atoms with Crippen LogP contribution in [0.3, 0.4) is 0 Å². The highest BCUT2D eigenvalue weighted by Gasteiger charge is 2.09. The van der Waals surface area contributed by atoms with Crippen molar-refractivity contribution in [2.24, 2.45) is 0 Å². The van der Waals surface area contributed by atoms with Crippen LogP contribution in [0.15, 0.2) is 41.0 Å². The van der Waals surface area contributed by atoms with Gasteiger partial charge in [0, 0.05) is 16.5 Å². The molecule has 0 atom stereocenters. The fourth-order valence-electron chi connectivity index (χ4n) is 2.14. The number of nitrogens with zero attached hydrogens (tertiary/aromatic N) is 2. The molecule has 0 saturated heterocycles. The molecule has 6 heteroatoms. The smallest absolute Gasteiger partial charge is 0.225 e. The van der Waals surface area contributed by atoms with E-state index in [-0.39, 0.29) is 6.04 Å². The summed E-state index contributed by atoms with van der Waals surface area (Å²) in [6.07, 6.45) is 1.65. The maximum absolute atomic E-state index is 6.07. The molecule has 0 aliphatic carbocycles. The predicted octanol–water partition coefficient (Wildman–Crippen LogP) is 4.31. The summed E-state index contributed by atoms with van der Waals surface area (Å²) in [6.45, 7) is 4.64. The van der Waals surface area contributed by atoms with Crippen LogP contribution in [0.5, 0.6) is 0 Å². The lowest BCUT2D eigenvalue weighted by Crippen LogP contribution is -2.14. The second kappa shape index (κ2) is 6.23. The Kier molecular flexibility index (Phi) is 4.15. The highest BCUT2D eigenvalue weighted by atomic mass is 35.5. The van der Waals surface area contributed by atoms with Gasteiger partial charge >= 0.3 is 0 Å². The largest absolute Gasteiger partial charge is 0.467 e. The highest BCUT2D eigenvalue weighted by Crippen LogP contribution is 2.25. The van der Waals surface area contributed by atoms with Crippen LogP contribution in [0.4, 0.5) is 11.8 Å². The third-order valence-electron chi connectivity index (χ3n) is 3.09. The van der Waals surface area contributed by atoms with Crippen LogP contribution < -0.4 is 10.6 Å². The van der Waals surface area contributed by atoms with E-state index < -0.39 is 0 Å². The van der Waals surface area contributed by atoms with E-state index in [9.17, 15) is 0 Å². The molecule has 114 valence electrons. The van der Waals surface area contributed by atoms with Gasteiger partial charge in [-0.3, -0.25) is 0 Å². The van der Waals surface area contributed by atoms with Crippen LogP contribution in [-0.4, -0.2) is 16.0 Å². The summed E-state index contributed by atoms with van der Waals surface area (Å²) < 4.78 is 5.34. The van der Waals surface area contributed by atoms with E-state index in [2.05, 4.69) is 20.6 Å². The summed E-state index contributed by atoms with van der Waals surface area (Å²) in [5.74, 6) is 2.17. The molecule has 3 rings (SSSR count). The minimum atomic E-state index is 0.245. The first kappa shape index (κ1) is 14.7. The van der Waals surface area contributed by atoms with E-state index in [0.717, 1.165) is 22.5 Å². The molecule has 5 nitrogen and oxygen atoms in total. The van der Waals surface area contributed by atoms with Crippen molar-refractivity contribution in [2.45, 2.75) is 26.4 Å². The number of halogens is 1. The van der Waals surface area contributed by atoms with Crippen LogP contribution in [0, 0.1) is 0 Å². The Bertz CT molecular complexity index is 771. The Labute approximate surface area is 133 Å². The number of fused-ring (bicyclic) bond motifs is 1. The molecule has 0 spiro atoms. The first-order chi connectivity index (χ1) is 10.6. The Morgan fingerprint density at radius 3 is 2.82 bits per heavy atom. The van der Waals surface area contributed by atoms with Crippen molar-refractivity contribution >= 4 is 34.3 Å². The second-order valence-corrected chi connectivity index (χ2v) is 5.73. The maximum atomic E-state index is 6.07. The van der Waals surface area contributed by atoms with Crippen molar-refractivity contribution in [2.75, 3.05) is 10.6 Å². The average Bonchev–Trinajstić information content (AvgIpc) is 2.96. The van der Waals surface area contributed by atoms with Gasteiger partial charge in [-0.15, -0.1) is 0 Å². The normalized spacial score (nSPS) is 11.1. The Morgan fingerprint density at radius 2 is 2.09 bits per heavy atom. The molecule has 3 aromatic rings. The van der Waals surface area contributed by atoms with Crippen LogP contribution in [0.2, 0.25) is 5.02 Å². The SMILES string of the molecule is CC(C)Nc1nc(NCc2ccco2)c2ccc(Cl)cc2n1. The molecule has 0 bridgehead atoms. The standard InChI is InChI=1S/C16H17ClN4O/c1-10(2)19-16-20-14-8-11(17)5-6-13(14)15(21-16)18-9-12-4-3-7-22-12/h3-8,10H,9H2,1-2H3,(H2,18,19,20,21). The molecule has 0 fully saturated rings. The van der Waals surface area contributed by atoms with Gasteiger partial charge in [0.05, 0.1) is 18.3 Å². The van der Waals surface area contributed by atoms with Gasteiger partial charge in [0.2, 0.25) is 5.95 Å². The van der Waals surface area contributed by atoms with E-state index >= 15 is 0 Å². The predicted molar refractivity (Wildman–Crippen MR) is 89.3 cm³/mol. The number of hydrogen-bond acceptors (Lipinski definition) is 5. The Morgan fingerprint density at radius 1 is 1.23 bits per heavy atom. The number of anilines is 2. The summed E-state index contributed by atoms with van der Waals surface area (Å²) in [4.78, 5) is 9.06. The number of nitrogens with one attached hydrogen (secondary N) is 2. The quantitative estimate of drug-likeness (QED) is 0.734. The van der Waals surface area contributed by atoms with Gasteiger partial charge < -0.3 is 15.1 Å². The van der Waals surface area contributed by atoms with Crippen molar-refractivity contribution < 1.29 is 4.42 Å². The molecule has 0 aliphatic rings. The van der Waals surface area contributed by atoms with E-state index in [1.54, 1.807) is 6.26 Å². The Balaban J connectivity index is 1.97. The van der Waals surface area contributed by atoms with Crippen molar-refractivity contribution in [3.8, 4) is 0 Å². The first-order valence-electron chi connectivity index (χ1n) is 7.12. The van der Waals surface area contributed by atoms with Crippen LogP contribution in [-0.2, 0) is 6.54 Å². The third kappa shape index (κ3) is 3.31. The van der Waals surface area contributed by atoms with Crippen molar-refractivity contribution in [1.82, 2.24) is 9.97 Å². The van der Waals surface area contributed by atoms with Crippen molar-refractivity contribution in [3.63, 3.8) is 0 Å². The lowest BCUT2D eigenvalue weighted by Gasteiger charge is -2.13. The summed E-state index contributed by atoms with van der Waals surface area (Å²) >= 11 is 6.07. The first-order valence-corrected chi connectivity index (χ1v) is 7.50. The maximum Gasteiger partial charge on any atom is 0.225 e. The van der Waals surface area contributed by atoms with Crippen molar-refractivity contribution in [3.05, 3.63) is 47.4 Å². The van der Waals surface area contributed by atoms with Gasteiger partial charge in [0.25, 0.3) is 0 Å². The molecule has 2 heterocycles. The van der Waals surface area contributed by atoms with Crippen LogP contribution >= 0.6 is 11.6 Å². The topological polar surface area (TPSA) is 63.0 Å². The number of hydrogen-bond donors (Lipinski definition) is 2. The van der Waals surface area contributed by atoms with Crippen molar-refractivity contribution in [1.29, 1.82) is 0 Å². The zero-order chi connectivity index (χ0) is 15.5.